The van der Waals surface area contributed by atoms with Crippen LogP contribution in [0.2, 0.25) is 0 Å². The van der Waals surface area contributed by atoms with Gasteiger partial charge in [-0.25, -0.2) is 0 Å². The number of hydrogen-bond acceptors (Lipinski definition) is 2. The Bertz CT molecular complexity index is 127. The Balaban J connectivity index is 4.21. The molecule has 0 aliphatic carbocycles. The Hall–Kier alpha value is -0.870. The number of ether oxygens (including phenoxy) is 2. The summed E-state index contributed by atoms with van der Waals surface area (Å²) >= 11 is 0. The van der Waals surface area contributed by atoms with Gasteiger partial charge in [0.2, 0.25) is 5.76 Å². The first-order valence-electron chi connectivity index (χ1n) is 2.36. The van der Waals surface area contributed by atoms with Crippen molar-refractivity contribution in [2.45, 2.75) is 6.18 Å². The number of alkyl halides is 3. The van der Waals surface area contributed by atoms with Gasteiger partial charge in [0.05, 0.1) is 14.2 Å². The molecule has 0 fully saturated rings. The van der Waals surface area contributed by atoms with Crippen molar-refractivity contribution in [3.8, 4) is 0 Å². The van der Waals surface area contributed by atoms with Crippen LogP contribution in [0.3, 0.4) is 0 Å². The van der Waals surface area contributed by atoms with Crippen LogP contribution in [0.25, 0.3) is 0 Å². The molecular weight excluding hydrogens is 149 g/mol. The molecule has 0 aromatic heterocycles. The molecular formula is C5H7F3O2. The molecule has 0 aliphatic rings. The number of methoxy groups -OCH3 is 2. The highest BCUT2D eigenvalue weighted by Gasteiger charge is 2.35. The van der Waals surface area contributed by atoms with E-state index in [1.165, 1.54) is 0 Å². The number of hydrogen-bond donors (Lipinski definition) is 0. The minimum Gasteiger partial charge on any atom is -0.500 e. The SMILES string of the molecule is CO/C=C(/OC)C(F)(F)F. The standard InChI is InChI=1S/C5H7F3O2/c1-9-3-4(10-2)5(6,7)8/h3H,1-2H3/b4-3+. The normalized spacial score (nSPS) is 13.1. The maximum absolute atomic E-state index is 11.6. The number of allylic oxidation sites excluding steroid dienone is 1. The van der Waals surface area contributed by atoms with Crippen LogP contribution in [0.15, 0.2) is 12.0 Å². The molecule has 0 aromatic rings. The average Bonchev–Trinajstić information content (AvgIpc) is 1.80. The molecule has 2 nitrogen and oxygen atoms in total. The van der Waals surface area contributed by atoms with Crippen LogP contribution in [0, 0.1) is 0 Å². The molecule has 0 aromatic carbocycles. The second kappa shape index (κ2) is 3.34. The third-order valence-corrected chi connectivity index (χ3v) is 0.724. The first kappa shape index (κ1) is 9.13. The fourth-order valence-electron chi connectivity index (χ4n) is 0.338. The van der Waals surface area contributed by atoms with Crippen molar-refractivity contribution in [3.05, 3.63) is 12.0 Å². The summed E-state index contributed by atoms with van der Waals surface area (Å²) in [5.74, 6) is -1.14. The zero-order chi connectivity index (χ0) is 8.20. The number of rotatable bonds is 2. The quantitative estimate of drug-likeness (QED) is 0.566. The summed E-state index contributed by atoms with van der Waals surface area (Å²) in [5, 5.41) is 0. The second-order valence-corrected chi connectivity index (χ2v) is 1.42. The van der Waals surface area contributed by atoms with Crippen molar-refractivity contribution in [2.75, 3.05) is 14.2 Å². The Morgan fingerprint density at radius 1 is 1.30 bits per heavy atom. The summed E-state index contributed by atoms with van der Waals surface area (Å²) < 4.78 is 43.0. The third-order valence-electron chi connectivity index (χ3n) is 0.724. The van der Waals surface area contributed by atoms with E-state index in [1.54, 1.807) is 0 Å². The lowest BCUT2D eigenvalue weighted by atomic mass is 10.5. The van der Waals surface area contributed by atoms with E-state index in [0.29, 0.717) is 6.26 Å². The van der Waals surface area contributed by atoms with E-state index in [-0.39, 0.29) is 0 Å². The first-order chi connectivity index (χ1) is 4.52. The molecule has 5 heteroatoms. The van der Waals surface area contributed by atoms with E-state index in [0.717, 1.165) is 14.2 Å². The lowest BCUT2D eigenvalue weighted by molar-refractivity contribution is -0.128. The molecule has 0 saturated heterocycles. The van der Waals surface area contributed by atoms with Crippen LogP contribution in [-0.2, 0) is 9.47 Å². The van der Waals surface area contributed by atoms with Crippen LogP contribution in [0.5, 0.6) is 0 Å². The molecule has 0 heterocycles. The van der Waals surface area contributed by atoms with Crippen molar-refractivity contribution >= 4 is 0 Å². The van der Waals surface area contributed by atoms with Gasteiger partial charge >= 0.3 is 6.18 Å². The predicted octanol–water partition coefficient (Wildman–Crippen LogP) is 1.68. The summed E-state index contributed by atoms with van der Waals surface area (Å²) in [7, 11) is 2.04. The van der Waals surface area contributed by atoms with Gasteiger partial charge in [-0.2, -0.15) is 13.2 Å². The maximum atomic E-state index is 11.6. The third kappa shape index (κ3) is 2.61. The molecule has 60 valence electrons. The van der Waals surface area contributed by atoms with Crippen molar-refractivity contribution in [1.29, 1.82) is 0 Å². The Morgan fingerprint density at radius 2 is 1.80 bits per heavy atom. The van der Waals surface area contributed by atoms with Gasteiger partial charge in [0, 0.05) is 0 Å². The summed E-state index contributed by atoms with van der Waals surface area (Å²) in [6.45, 7) is 0. The highest BCUT2D eigenvalue weighted by atomic mass is 19.4. The van der Waals surface area contributed by atoms with E-state index >= 15 is 0 Å². The van der Waals surface area contributed by atoms with Crippen molar-refractivity contribution in [2.24, 2.45) is 0 Å². The van der Waals surface area contributed by atoms with E-state index in [9.17, 15) is 13.2 Å². The van der Waals surface area contributed by atoms with Gasteiger partial charge in [-0.3, -0.25) is 0 Å². The number of halogens is 3. The highest BCUT2D eigenvalue weighted by Crippen LogP contribution is 2.25. The zero-order valence-corrected chi connectivity index (χ0v) is 5.53. The van der Waals surface area contributed by atoms with Gasteiger partial charge in [-0.05, 0) is 0 Å². The van der Waals surface area contributed by atoms with Gasteiger partial charge in [0.15, 0.2) is 0 Å². The largest absolute Gasteiger partial charge is 0.500 e. The molecule has 0 aliphatic heterocycles. The van der Waals surface area contributed by atoms with Crippen molar-refractivity contribution in [3.63, 3.8) is 0 Å². The van der Waals surface area contributed by atoms with Crippen molar-refractivity contribution < 1.29 is 22.6 Å². The topological polar surface area (TPSA) is 18.5 Å². The molecule has 10 heavy (non-hydrogen) atoms. The van der Waals surface area contributed by atoms with Gasteiger partial charge in [0.1, 0.15) is 6.26 Å². The lowest BCUT2D eigenvalue weighted by Crippen LogP contribution is -2.13. The first-order valence-corrected chi connectivity index (χ1v) is 2.36. The van der Waals surface area contributed by atoms with Crippen LogP contribution in [0.1, 0.15) is 0 Å². The summed E-state index contributed by atoms with van der Waals surface area (Å²) in [6, 6.07) is 0. The second-order valence-electron chi connectivity index (χ2n) is 1.42. The molecule has 0 bridgehead atoms. The van der Waals surface area contributed by atoms with E-state index in [1.807, 2.05) is 0 Å². The van der Waals surface area contributed by atoms with Crippen LogP contribution < -0.4 is 0 Å². The van der Waals surface area contributed by atoms with Gasteiger partial charge in [-0.15, -0.1) is 0 Å². The van der Waals surface area contributed by atoms with Gasteiger partial charge in [-0.1, -0.05) is 0 Å². The molecule has 0 spiro atoms. The molecule has 0 N–H and O–H groups in total. The summed E-state index contributed by atoms with van der Waals surface area (Å²) in [4.78, 5) is 0. The van der Waals surface area contributed by atoms with E-state index in [2.05, 4.69) is 9.47 Å². The molecule has 0 atom stereocenters. The van der Waals surface area contributed by atoms with Crippen LogP contribution in [-0.4, -0.2) is 20.4 Å². The fourth-order valence-corrected chi connectivity index (χ4v) is 0.338. The molecule has 0 radical (unpaired) electrons. The molecule has 0 unspecified atom stereocenters. The fraction of sp³-hybridized carbons (Fsp3) is 0.600. The minimum atomic E-state index is -4.47. The average molecular weight is 156 g/mol. The van der Waals surface area contributed by atoms with Crippen LogP contribution >= 0.6 is 0 Å². The minimum absolute atomic E-state index is 0.500. The van der Waals surface area contributed by atoms with Crippen LogP contribution in [0.4, 0.5) is 13.2 Å². The molecule has 0 rings (SSSR count). The zero-order valence-electron chi connectivity index (χ0n) is 5.53. The lowest BCUT2D eigenvalue weighted by Gasteiger charge is -2.08. The monoisotopic (exact) mass is 156 g/mol. The Kier molecular flexibility index (Phi) is 3.05. The smallest absolute Gasteiger partial charge is 0.452 e. The predicted molar refractivity (Wildman–Crippen MR) is 28.2 cm³/mol. The maximum Gasteiger partial charge on any atom is 0.452 e. The summed E-state index contributed by atoms with van der Waals surface area (Å²) in [5.41, 5.74) is 0. The van der Waals surface area contributed by atoms with E-state index in [4.69, 9.17) is 0 Å². The van der Waals surface area contributed by atoms with Gasteiger partial charge in [0.25, 0.3) is 0 Å². The Morgan fingerprint density at radius 3 is 1.90 bits per heavy atom. The highest BCUT2D eigenvalue weighted by molar-refractivity contribution is 4.95. The van der Waals surface area contributed by atoms with E-state index < -0.39 is 11.9 Å². The van der Waals surface area contributed by atoms with Gasteiger partial charge < -0.3 is 9.47 Å². The Labute approximate surface area is 56.2 Å². The molecule has 0 saturated carbocycles. The summed E-state index contributed by atoms with van der Waals surface area (Å²) in [6.07, 6.45) is -3.97. The van der Waals surface area contributed by atoms with Crippen molar-refractivity contribution in [1.82, 2.24) is 0 Å². The molecule has 0 amide bonds.